The van der Waals surface area contributed by atoms with E-state index in [9.17, 15) is 14.5 Å². The standard InChI is InChI=1S/C21H17FN4O3S/c1-25(2)12-13-3-5-16(24-11-13)20-10-17-21(30-20)19(7-8-23-17)29-18-6-4-14(26(27)28)9-15(18)22/h3-11H,12H2,1-2H3. The van der Waals surface area contributed by atoms with E-state index in [0.29, 0.717) is 11.3 Å². The van der Waals surface area contributed by atoms with Crippen molar-refractivity contribution in [3.63, 3.8) is 0 Å². The number of nitrogens with zero attached hydrogens (tertiary/aromatic N) is 4. The molecule has 30 heavy (non-hydrogen) atoms. The van der Waals surface area contributed by atoms with Crippen LogP contribution in [-0.2, 0) is 6.54 Å². The molecule has 0 bridgehead atoms. The SMILES string of the molecule is CN(C)Cc1ccc(-c2cc3nccc(Oc4ccc([N+](=O)[O-])cc4F)c3s2)nc1. The number of hydrogen-bond acceptors (Lipinski definition) is 7. The monoisotopic (exact) mass is 424 g/mol. The van der Waals surface area contributed by atoms with Crippen LogP contribution in [0.5, 0.6) is 11.5 Å². The molecular weight excluding hydrogens is 407 g/mol. The van der Waals surface area contributed by atoms with Crippen LogP contribution in [0.25, 0.3) is 20.8 Å². The number of pyridine rings is 2. The van der Waals surface area contributed by atoms with E-state index >= 15 is 0 Å². The lowest BCUT2D eigenvalue weighted by Crippen LogP contribution is -2.10. The third-order valence-electron chi connectivity index (χ3n) is 4.30. The van der Waals surface area contributed by atoms with Crippen LogP contribution in [0.2, 0.25) is 0 Å². The van der Waals surface area contributed by atoms with Crippen LogP contribution in [0.1, 0.15) is 5.56 Å². The number of benzene rings is 1. The van der Waals surface area contributed by atoms with Gasteiger partial charge in [0.2, 0.25) is 0 Å². The van der Waals surface area contributed by atoms with Crippen molar-refractivity contribution in [2.24, 2.45) is 0 Å². The van der Waals surface area contributed by atoms with Gasteiger partial charge in [-0.3, -0.25) is 20.1 Å². The van der Waals surface area contributed by atoms with Crippen molar-refractivity contribution in [2.45, 2.75) is 6.54 Å². The minimum Gasteiger partial charge on any atom is -0.453 e. The number of non-ortho nitro benzene ring substituents is 1. The highest BCUT2D eigenvalue weighted by molar-refractivity contribution is 7.22. The van der Waals surface area contributed by atoms with E-state index in [2.05, 4.69) is 14.9 Å². The summed E-state index contributed by atoms with van der Waals surface area (Å²) in [5, 5.41) is 10.8. The van der Waals surface area contributed by atoms with Crippen LogP contribution in [0, 0.1) is 15.9 Å². The van der Waals surface area contributed by atoms with Crippen molar-refractivity contribution in [3.05, 3.63) is 76.4 Å². The fourth-order valence-corrected chi connectivity index (χ4v) is 4.00. The summed E-state index contributed by atoms with van der Waals surface area (Å²) >= 11 is 1.44. The molecule has 3 aromatic heterocycles. The predicted octanol–water partition coefficient (Wildman–Crippen LogP) is 5.26. The first kappa shape index (κ1) is 19.9. The molecule has 1 aromatic carbocycles. The molecule has 0 N–H and O–H groups in total. The molecule has 3 heterocycles. The summed E-state index contributed by atoms with van der Waals surface area (Å²) in [7, 11) is 4.00. The normalized spacial score (nSPS) is 11.2. The second kappa shape index (κ2) is 8.13. The Morgan fingerprint density at radius 1 is 1.13 bits per heavy atom. The zero-order valence-corrected chi connectivity index (χ0v) is 17.0. The molecule has 0 spiro atoms. The Balaban J connectivity index is 1.65. The summed E-state index contributed by atoms with van der Waals surface area (Å²) in [4.78, 5) is 22.0. The fraction of sp³-hybridized carbons (Fsp3) is 0.143. The summed E-state index contributed by atoms with van der Waals surface area (Å²) in [6.07, 6.45) is 3.42. The smallest absolute Gasteiger partial charge is 0.272 e. The van der Waals surface area contributed by atoms with Gasteiger partial charge in [0, 0.05) is 31.1 Å². The average molecular weight is 424 g/mol. The Morgan fingerprint density at radius 3 is 2.63 bits per heavy atom. The van der Waals surface area contributed by atoms with Gasteiger partial charge < -0.3 is 9.64 Å². The van der Waals surface area contributed by atoms with Gasteiger partial charge >= 0.3 is 0 Å². The maximum absolute atomic E-state index is 14.2. The Morgan fingerprint density at radius 2 is 1.97 bits per heavy atom. The molecule has 4 rings (SSSR count). The van der Waals surface area contributed by atoms with Crippen molar-refractivity contribution in [3.8, 4) is 22.1 Å². The molecule has 0 atom stereocenters. The summed E-state index contributed by atoms with van der Waals surface area (Å²) in [6, 6.07) is 10.8. The number of thiophene rings is 1. The number of ether oxygens (including phenoxy) is 1. The van der Waals surface area contributed by atoms with Crippen molar-refractivity contribution < 1.29 is 14.1 Å². The summed E-state index contributed by atoms with van der Waals surface area (Å²) < 4.78 is 20.7. The van der Waals surface area contributed by atoms with E-state index in [1.807, 2.05) is 38.5 Å². The number of halogens is 1. The van der Waals surface area contributed by atoms with E-state index in [1.54, 1.807) is 12.3 Å². The molecule has 0 fully saturated rings. The molecule has 7 nitrogen and oxygen atoms in total. The van der Waals surface area contributed by atoms with E-state index < -0.39 is 10.7 Å². The molecule has 0 amide bonds. The molecule has 0 aliphatic carbocycles. The first-order chi connectivity index (χ1) is 14.4. The zero-order valence-electron chi connectivity index (χ0n) is 16.2. The third kappa shape index (κ3) is 4.12. The molecule has 4 aromatic rings. The number of hydrogen-bond donors (Lipinski definition) is 0. The van der Waals surface area contributed by atoms with Crippen LogP contribution in [0.3, 0.4) is 0 Å². The van der Waals surface area contributed by atoms with Gasteiger partial charge in [-0.05, 0) is 37.9 Å². The molecule has 152 valence electrons. The second-order valence-corrected chi connectivity index (χ2v) is 7.95. The molecule has 0 saturated heterocycles. The fourth-order valence-electron chi connectivity index (χ4n) is 2.95. The lowest BCUT2D eigenvalue weighted by Gasteiger charge is -2.09. The number of rotatable bonds is 6. The molecule has 0 saturated carbocycles. The largest absolute Gasteiger partial charge is 0.453 e. The highest BCUT2D eigenvalue weighted by Gasteiger charge is 2.16. The van der Waals surface area contributed by atoms with E-state index in [1.165, 1.54) is 23.5 Å². The summed E-state index contributed by atoms with van der Waals surface area (Å²) in [6.45, 7) is 0.806. The molecule has 9 heteroatoms. The maximum Gasteiger partial charge on any atom is 0.272 e. The van der Waals surface area contributed by atoms with Crippen LogP contribution in [0.4, 0.5) is 10.1 Å². The number of fused-ring (bicyclic) bond motifs is 1. The number of nitro benzene ring substituents is 1. The predicted molar refractivity (Wildman–Crippen MR) is 113 cm³/mol. The number of nitro groups is 1. The van der Waals surface area contributed by atoms with Crippen molar-refractivity contribution in [2.75, 3.05) is 14.1 Å². The first-order valence-corrected chi connectivity index (χ1v) is 9.83. The maximum atomic E-state index is 14.2. The van der Waals surface area contributed by atoms with Crippen LogP contribution < -0.4 is 4.74 Å². The minimum atomic E-state index is -0.802. The molecule has 0 aliphatic rings. The van der Waals surface area contributed by atoms with E-state index in [-0.39, 0.29) is 11.4 Å². The highest BCUT2D eigenvalue weighted by atomic mass is 32.1. The van der Waals surface area contributed by atoms with Gasteiger partial charge in [-0.2, -0.15) is 0 Å². The van der Waals surface area contributed by atoms with Crippen LogP contribution in [0.15, 0.2) is 54.9 Å². The van der Waals surface area contributed by atoms with Gasteiger partial charge in [-0.1, -0.05) is 6.07 Å². The summed E-state index contributed by atoms with van der Waals surface area (Å²) in [5.41, 5.74) is 2.30. The van der Waals surface area contributed by atoms with Gasteiger partial charge in [-0.25, -0.2) is 4.39 Å². The number of aromatic nitrogens is 2. The van der Waals surface area contributed by atoms with Gasteiger partial charge in [0.15, 0.2) is 11.6 Å². The van der Waals surface area contributed by atoms with E-state index in [4.69, 9.17) is 4.74 Å². The lowest BCUT2D eigenvalue weighted by molar-refractivity contribution is -0.385. The summed E-state index contributed by atoms with van der Waals surface area (Å²) in [5.74, 6) is -0.466. The Hall–Kier alpha value is -3.43. The van der Waals surface area contributed by atoms with Gasteiger partial charge in [-0.15, -0.1) is 11.3 Å². The van der Waals surface area contributed by atoms with Crippen molar-refractivity contribution in [1.82, 2.24) is 14.9 Å². The van der Waals surface area contributed by atoms with Crippen molar-refractivity contribution >= 4 is 27.2 Å². The Kier molecular flexibility index (Phi) is 5.39. The Bertz CT molecular complexity index is 1220. The lowest BCUT2D eigenvalue weighted by atomic mass is 10.2. The van der Waals surface area contributed by atoms with Gasteiger partial charge in [0.25, 0.3) is 5.69 Å². The topological polar surface area (TPSA) is 81.4 Å². The molecular formula is C21H17FN4O3S. The molecule has 0 radical (unpaired) electrons. The van der Waals surface area contributed by atoms with Gasteiger partial charge in [0.1, 0.15) is 5.75 Å². The first-order valence-electron chi connectivity index (χ1n) is 9.01. The average Bonchev–Trinajstić information content (AvgIpc) is 3.15. The second-order valence-electron chi connectivity index (χ2n) is 6.90. The minimum absolute atomic E-state index is 0.0887. The van der Waals surface area contributed by atoms with Crippen LogP contribution in [-0.4, -0.2) is 33.9 Å². The van der Waals surface area contributed by atoms with Crippen LogP contribution >= 0.6 is 11.3 Å². The van der Waals surface area contributed by atoms with Gasteiger partial charge in [0.05, 0.1) is 31.8 Å². The zero-order chi connectivity index (χ0) is 21.3. The van der Waals surface area contributed by atoms with E-state index in [0.717, 1.165) is 33.4 Å². The van der Waals surface area contributed by atoms with Crippen molar-refractivity contribution in [1.29, 1.82) is 0 Å². The highest BCUT2D eigenvalue weighted by Crippen LogP contribution is 2.39. The molecule has 0 unspecified atom stereocenters. The third-order valence-corrected chi connectivity index (χ3v) is 5.46. The quantitative estimate of drug-likeness (QED) is 0.310. The Labute approximate surface area is 175 Å². The molecule has 0 aliphatic heterocycles.